The predicted octanol–water partition coefficient (Wildman–Crippen LogP) is 1.40. The zero-order chi connectivity index (χ0) is 10.9. The van der Waals surface area contributed by atoms with Crippen LogP contribution in [0.3, 0.4) is 0 Å². The molecule has 0 aliphatic carbocycles. The van der Waals surface area contributed by atoms with Crippen molar-refractivity contribution in [2.24, 2.45) is 0 Å². The molecular weight excluding hydrogens is 190 g/mol. The molecule has 2 saturated heterocycles. The summed E-state index contributed by atoms with van der Waals surface area (Å²) in [4.78, 5) is 2.45. The molecule has 2 aliphatic heterocycles. The molecule has 2 atom stereocenters. The summed E-state index contributed by atoms with van der Waals surface area (Å²) < 4.78 is 5.35. The summed E-state index contributed by atoms with van der Waals surface area (Å²) in [6.45, 7) is 3.46. The quantitative estimate of drug-likeness (QED) is 0.717. The van der Waals surface area contributed by atoms with Crippen molar-refractivity contribution in [1.29, 1.82) is 0 Å². The van der Waals surface area contributed by atoms with Gasteiger partial charge in [0, 0.05) is 25.3 Å². The second-order valence-electron chi connectivity index (χ2n) is 5.13. The van der Waals surface area contributed by atoms with Crippen LogP contribution in [0.2, 0.25) is 0 Å². The van der Waals surface area contributed by atoms with Crippen LogP contribution in [0.4, 0.5) is 0 Å². The SMILES string of the molecule is CCOCCC1(O)CC2CCC(C1)N2C. The van der Waals surface area contributed by atoms with E-state index in [1.54, 1.807) is 0 Å². The molecule has 0 saturated carbocycles. The molecule has 15 heavy (non-hydrogen) atoms. The van der Waals surface area contributed by atoms with Crippen LogP contribution in [0.15, 0.2) is 0 Å². The number of nitrogens with zero attached hydrogens (tertiary/aromatic N) is 1. The average Bonchev–Trinajstić information content (AvgIpc) is 2.44. The largest absolute Gasteiger partial charge is 0.390 e. The average molecular weight is 213 g/mol. The molecular formula is C12H23NO2. The Hall–Kier alpha value is -0.120. The van der Waals surface area contributed by atoms with Gasteiger partial charge in [-0.05, 0) is 46.1 Å². The van der Waals surface area contributed by atoms with E-state index in [1.807, 2.05) is 6.92 Å². The monoisotopic (exact) mass is 213 g/mol. The minimum atomic E-state index is -0.451. The third-order valence-electron chi connectivity index (χ3n) is 4.13. The Balaban J connectivity index is 1.88. The molecule has 0 spiro atoms. The molecule has 0 aromatic carbocycles. The second kappa shape index (κ2) is 4.40. The highest BCUT2D eigenvalue weighted by molar-refractivity contribution is 5.00. The number of hydrogen-bond donors (Lipinski definition) is 1. The summed E-state index contributed by atoms with van der Waals surface area (Å²) in [6, 6.07) is 1.21. The number of hydrogen-bond acceptors (Lipinski definition) is 3. The topological polar surface area (TPSA) is 32.7 Å². The number of aliphatic hydroxyl groups is 1. The zero-order valence-electron chi connectivity index (χ0n) is 9.91. The Morgan fingerprint density at radius 1 is 1.33 bits per heavy atom. The lowest BCUT2D eigenvalue weighted by Gasteiger charge is -2.42. The lowest BCUT2D eigenvalue weighted by Crippen LogP contribution is -2.49. The molecule has 2 aliphatic rings. The lowest BCUT2D eigenvalue weighted by molar-refractivity contribution is -0.0638. The predicted molar refractivity (Wildman–Crippen MR) is 59.9 cm³/mol. The Morgan fingerprint density at radius 2 is 1.93 bits per heavy atom. The fourth-order valence-corrected chi connectivity index (χ4v) is 3.15. The van der Waals surface area contributed by atoms with Crippen LogP contribution in [0.5, 0.6) is 0 Å². The van der Waals surface area contributed by atoms with Gasteiger partial charge in [-0.15, -0.1) is 0 Å². The molecule has 3 heteroatoms. The van der Waals surface area contributed by atoms with Gasteiger partial charge in [0.25, 0.3) is 0 Å². The lowest BCUT2D eigenvalue weighted by atomic mass is 9.84. The van der Waals surface area contributed by atoms with Crippen molar-refractivity contribution >= 4 is 0 Å². The van der Waals surface area contributed by atoms with Crippen molar-refractivity contribution in [1.82, 2.24) is 4.90 Å². The minimum absolute atomic E-state index is 0.451. The van der Waals surface area contributed by atoms with Crippen LogP contribution >= 0.6 is 0 Å². The van der Waals surface area contributed by atoms with E-state index in [-0.39, 0.29) is 0 Å². The van der Waals surface area contributed by atoms with E-state index in [2.05, 4.69) is 11.9 Å². The summed E-state index contributed by atoms with van der Waals surface area (Å²) in [5, 5.41) is 10.5. The summed E-state index contributed by atoms with van der Waals surface area (Å²) in [5.74, 6) is 0. The highest BCUT2D eigenvalue weighted by atomic mass is 16.5. The number of ether oxygens (including phenoxy) is 1. The molecule has 0 radical (unpaired) electrons. The van der Waals surface area contributed by atoms with E-state index in [1.165, 1.54) is 12.8 Å². The van der Waals surface area contributed by atoms with Crippen LogP contribution in [0.1, 0.15) is 39.0 Å². The highest BCUT2D eigenvalue weighted by Gasteiger charge is 2.45. The van der Waals surface area contributed by atoms with Crippen molar-refractivity contribution < 1.29 is 9.84 Å². The van der Waals surface area contributed by atoms with E-state index in [0.717, 1.165) is 25.9 Å². The molecule has 2 heterocycles. The van der Waals surface area contributed by atoms with Gasteiger partial charge in [0.1, 0.15) is 0 Å². The van der Waals surface area contributed by atoms with Crippen LogP contribution in [-0.2, 0) is 4.74 Å². The number of rotatable bonds is 4. The maximum absolute atomic E-state index is 10.5. The molecule has 2 rings (SSSR count). The molecule has 1 N–H and O–H groups in total. The second-order valence-corrected chi connectivity index (χ2v) is 5.13. The Labute approximate surface area is 92.4 Å². The number of piperidine rings is 1. The van der Waals surface area contributed by atoms with Crippen molar-refractivity contribution in [3.63, 3.8) is 0 Å². The summed E-state index contributed by atoms with van der Waals surface area (Å²) in [7, 11) is 2.20. The Kier molecular flexibility index (Phi) is 3.33. The first-order valence-electron chi connectivity index (χ1n) is 6.17. The van der Waals surface area contributed by atoms with Gasteiger partial charge in [-0.1, -0.05) is 0 Å². The third-order valence-corrected chi connectivity index (χ3v) is 4.13. The van der Waals surface area contributed by atoms with Gasteiger partial charge in [0.15, 0.2) is 0 Å². The van der Waals surface area contributed by atoms with Gasteiger partial charge in [0.05, 0.1) is 5.60 Å². The van der Waals surface area contributed by atoms with E-state index < -0.39 is 5.60 Å². The summed E-state index contributed by atoms with van der Waals surface area (Å²) in [5.41, 5.74) is -0.451. The molecule has 88 valence electrons. The molecule has 0 aromatic heterocycles. The van der Waals surface area contributed by atoms with E-state index in [9.17, 15) is 5.11 Å². The first-order chi connectivity index (χ1) is 7.14. The first kappa shape index (κ1) is 11.4. The Morgan fingerprint density at radius 3 is 2.47 bits per heavy atom. The van der Waals surface area contributed by atoms with Gasteiger partial charge in [-0.25, -0.2) is 0 Å². The van der Waals surface area contributed by atoms with E-state index in [0.29, 0.717) is 18.7 Å². The molecule has 0 aromatic rings. The standard InChI is InChI=1S/C12H23NO2/c1-3-15-7-6-12(14)8-10-4-5-11(9-12)13(10)2/h10-11,14H,3-9H2,1-2H3. The van der Waals surface area contributed by atoms with Crippen LogP contribution < -0.4 is 0 Å². The molecule has 3 nitrogen and oxygen atoms in total. The Bertz CT molecular complexity index is 206. The molecule has 2 bridgehead atoms. The van der Waals surface area contributed by atoms with Crippen molar-refractivity contribution in [2.45, 2.75) is 56.7 Å². The fourth-order valence-electron chi connectivity index (χ4n) is 3.15. The summed E-state index contributed by atoms with van der Waals surface area (Å²) >= 11 is 0. The third kappa shape index (κ3) is 2.35. The van der Waals surface area contributed by atoms with E-state index in [4.69, 9.17) is 4.74 Å². The number of fused-ring (bicyclic) bond motifs is 2. The van der Waals surface area contributed by atoms with Crippen LogP contribution in [0.25, 0.3) is 0 Å². The smallest absolute Gasteiger partial charge is 0.0699 e. The van der Waals surface area contributed by atoms with Crippen LogP contribution in [0, 0.1) is 0 Å². The van der Waals surface area contributed by atoms with Crippen LogP contribution in [-0.4, -0.2) is 48.0 Å². The molecule has 2 fully saturated rings. The first-order valence-corrected chi connectivity index (χ1v) is 6.17. The molecule has 2 unspecified atom stereocenters. The summed E-state index contributed by atoms with van der Waals surface area (Å²) in [6.07, 6.45) is 5.21. The van der Waals surface area contributed by atoms with Gasteiger partial charge in [-0.3, -0.25) is 0 Å². The molecule has 0 amide bonds. The van der Waals surface area contributed by atoms with Gasteiger partial charge in [-0.2, -0.15) is 0 Å². The minimum Gasteiger partial charge on any atom is -0.390 e. The van der Waals surface area contributed by atoms with E-state index >= 15 is 0 Å². The van der Waals surface area contributed by atoms with Gasteiger partial charge in [0.2, 0.25) is 0 Å². The maximum Gasteiger partial charge on any atom is 0.0699 e. The van der Waals surface area contributed by atoms with Crippen molar-refractivity contribution in [3.05, 3.63) is 0 Å². The fraction of sp³-hybridized carbons (Fsp3) is 1.00. The normalized spacial score (nSPS) is 41.0. The van der Waals surface area contributed by atoms with Crippen molar-refractivity contribution in [2.75, 3.05) is 20.3 Å². The van der Waals surface area contributed by atoms with Gasteiger partial charge >= 0.3 is 0 Å². The van der Waals surface area contributed by atoms with Gasteiger partial charge < -0.3 is 14.7 Å². The maximum atomic E-state index is 10.5. The zero-order valence-corrected chi connectivity index (χ0v) is 9.91. The van der Waals surface area contributed by atoms with Crippen molar-refractivity contribution in [3.8, 4) is 0 Å². The highest BCUT2D eigenvalue weighted by Crippen LogP contribution is 2.41.